The number of aryl methyl sites for hydroxylation is 3. The Hall–Kier alpha value is -4.41. The Balaban J connectivity index is 1.66. The molecule has 180 valence electrons. The van der Waals surface area contributed by atoms with Crippen LogP contribution < -0.4 is 16.6 Å². The fraction of sp³-hybridized carbons (Fsp3) is 0.250. The first-order valence-electron chi connectivity index (χ1n) is 10.8. The molecule has 0 unspecified atom stereocenters. The van der Waals surface area contributed by atoms with Crippen molar-refractivity contribution in [3.63, 3.8) is 0 Å². The molecule has 0 spiro atoms. The molecule has 3 heterocycles. The quantitative estimate of drug-likeness (QED) is 0.452. The molecule has 0 radical (unpaired) electrons. The van der Waals surface area contributed by atoms with Crippen molar-refractivity contribution >= 4 is 28.7 Å². The molecule has 0 aliphatic rings. The van der Waals surface area contributed by atoms with E-state index in [2.05, 4.69) is 15.3 Å². The lowest BCUT2D eigenvalue weighted by atomic mass is 10.1. The lowest BCUT2D eigenvalue weighted by molar-refractivity contribution is -0.118. The van der Waals surface area contributed by atoms with E-state index in [0.717, 1.165) is 4.57 Å². The van der Waals surface area contributed by atoms with E-state index in [1.165, 1.54) is 29.2 Å². The zero-order valence-corrected chi connectivity index (χ0v) is 19.6. The van der Waals surface area contributed by atoms with Crippen molar-refractivity contribution in [2.75, 3.05) is 5.32 Å². The number of nitrogens with one attached hydrogen (secondary N) is 1. The van der Waals surface area contributed by atoms with Gasteiger partial charge in [0.05, 0.1) is 12.2 Å². The second-order valence-corrected chi connectivity index (χ2v) is 8.27. The first-order chi connectivity index (χ1) is 16.6. The molecule has 4 rings (SSSR count). The SMILES string of the molecule is CC(=O)Cn1c(=O)c2c(nc(C)n2CC(=O)Nc2cccc(-c3ccc(F)c(C)c3)n2)n(C)c1=O. The Bertz CT molecular complexity index is 1620. The van der Waals surface area contributed by atoms with Crippen LogP contribution in [-0.2, 0) is 29.7 Å². The van der Waals surface area contributed by atoms with Gasteiger partial charge in [-0.05, 0) is 56.7 Å². The number of aromatic nitrogens is 5. The number of ketones is 1. The third-order valence-corrected chi connectivity index (χ3v) is 5.58. The van der Waals surface area contributed by atoms with Crippen molar-refractivity contribution < 1.29 is 14.0 Å². The Kier molecular flexibility index (Phi) is 6.16. The van der Waals surface area contributed by atoms with Gasteiger partial charge in [0.2, 0.25) is 5.91 Å². The number of hydrogen-bond donors (Lipinski definition) is 1. The van der Waals surface area contributed by atoms with Crippen molar-refractivity contribution in [3.8, 4) is 11.3 Å². The zero-order chi connectivity index (χ0) is 25.4. The van der Waals surface area contributed by atoms with Crippen LogP contribution in [0.5, 0.6) is 0 Å². The summed E-state index contributed by atoms with van der Waals surface area (Å²) in [6, 6.07) is 9.70. The summed E-state index contributed by atoms with van der Waals surface area (Å²) in [4.78, 5) is 58.7. The fourth-order valence-electron chi connectivity index (χ4n) is 3.83. The van der Waals surface area contributed by atoms with Crippen LogP contribution in [0.3, 0.4) is 0 Å². The largest absolute Gasteiger partial charge is 0.332 e. The number of rotatable bonds is 6. The normalized spacial score (nSPS) is 11.1. The Morgan fingerprint density at radius 2 is 1.77 bits per heavy atom. The third-order valence-electron chi connectivity index (χ3n) is 5.58. The summed E-state index contributed by atoms with van der Waals surface area (Å²) in [5.41, 5.74) is 0.537. The number of carbonyl (C=O) groups is 2. The maximum atomic E-state index is 13.6. The van der Waals surface area contributed by atoms with E-state index < -0.39 is 17.2 Å². The van der Waals surface area contributed by atoms with Gasteiger partial charge in [0.15, 0.2) is 11.2 Å². The molecule has 1 amide bonds. The minimum absolute atomic E-state index is 0.0458. The van der Waals surface area contributed by atoms with Gasteiger partial charge in [-0.3, -0.25) is 23.5 Å². The van der Waals surface area contributed by atoms with Crippen LogP contribution in [0.2, 0.25) is 0 Å². The van der Waals surface area contributed by atoms with Crippen LogP contribution in [-0.4, -0.2) is 35.4 Å². The molecular weight excluding hydrogens is 455 g/mol. The maximum Gasteiger partial charge on any atom is 0.332 e. The maximum absolute atomic E-state index is 13.6. The van der Waals surface area contributed by atoms with Gasteiger partial charge in [0.1, 0.15) is 29.8 Å². The summed E-state index contributed by atoms with van der Waals surface area (Å²) in [5.74, 6) is -0.518. The van der Waals surface area contributed by atoms with E-state index in [-0.39, 0.29) is 41.7 Å². The Morgan fingerprint density at radius 1 is 1.03 bits per heavy atom. The number of benzene rings is 1. The van der Waals surface area contributed by atoms with Crippen molar-refractivity contribution in [1.82, 2.24) is 23.7 Å². The van der Waals surface area contributed by atoms with Crippen molar-refractivity contribution in [3.05, 3.63) is 74.4 Å². The minimum Gasteiger partial charge on any atom is -0.313 e. The molecule has 4 aromatic rings. The molecule has 1 aromatic carbocycles. The van der Waals surface area contributed by atoms with E-state index in [4.69, 9.17) is 0 Å². The van der Waals surface area contributed by atoms with E-state index >= 15 is 0 Å². The molecule has 1 N–H and O–H groups in total. The van der Waals surface area contributed by atoms with Crippen LogP contribution >= 0.6 is 0 Å². The van der Waals surface area contributed by atoms with E-state index in [0.29, 0.717) is 22.6 Å². The molecule has 0 saturated carbocycles. The summed E-state index contributed by atoms with van der Waals surface area (Å²) in [6.07, 6.45) is 0. The van der Waals surface area contributed by atoms with Gasteiger partial charge in [0.25, 0.3) is 5.56 Å². The standard InChI is InChI=1S/C24H23FN6O4/c1-13-10-16(8-9-17(13)25)18-6-5-7-19(27-18)28-20(33)12-30-15(3)26-22-21(30)23(34)31(11-14(2)32)24(35)29(22)4/h5-10H,11-12H2,1-4H3,(H,27,28,33). The summed E-state index contributed by atoms with van der Waals surface area (Å²) < 4.78 is 17.0. The number of pyridine rings is 1. The average molecular weight is 478 g/mol. The molecule has 0 aliphatic carbocycles. The van der Waals surface area contributed by atoms with E-state index in [9.17, 15) is 23.6 Å². The van der Waals surface area contributed by atoms with Crippen molar-refractivity contribution in [1.29, 1.82) is 0 Å². The van der Waals surface area contributed by atoms with Gasteiger partial charge >= 0.3 is 5.69 Å². The number of imidazole rings is 1. The van der Waals surface area contributed by atoms with Crippen LogP contribution in [0, 0.1) is 19.7 Å². The van der Waals surface area contributed by atoms with Gasteiger partial charge < -0.3 is 9.88 Å². The lowest BCUT2D eigenvalue weighted by Crippen LogP contribution is -2.41. The zero-order valence-electron chi connectivity index (χ0n) is 19.6. The second-order valence-electron chi connectivity index (χ2n) is 8.27. The van der Waals surface area contributed by atoms with Crippen molar-refractivity contribution in [2.45, 2.75) is 33.9 Å². The predicted molar refractivity (Wildman–Crippen MR) is 128 cm³/mol. The summed E-state index contributed by atoms with van der Waals surface area (Å²) in [7, 11) is 1.45. The number of Topliss-reactive ketones (excluding diaryl/α,β-unsaturated/α-hetero) is 1. The van der Waals surface area contributed by atoms with Crippen LogP contribution in [0.25, 0.3) is 22.4 Å². The van der Waals surface area contributed by atoms with Crippen LogP contribution in [0.4, 0.5) is 10.2 Å². The average Bonchev–Trinajstić information content (AvgIpc) is 3.13. The number of fused-ring (bicyclic) bond motifs is 1. The summed E-state index contributed by atoms with van der Waals surface area (Å²) in [6.45, 7) is 3.90. The minimum atomic E-state index is -0.696. The number of halogens is 1. The molecule has 10 nitrogen and oxygen atoms in total. The smallest absolute Gasteiger partial charge is 0.313 e. The topological polar surface area (TPSA) is 121 Å². The molecule has 3 aromatic heterocycles. The van der Waals surface area contributed by atoms with Crippen LogP contribution in [0.15, 0.2) is 46.0 Å². The van der Waals surface area contributed by atoms with E-state index in [1.807, 2.05) is 0 Å². The van der Waals surface area contributed by atoms with Gasteiger partial charge in [-0.2, -0.15) is 0 Å². The highest BCUT2D eigenvalue weighted by atomic mass is 19.1. The highest BCUT2D eigenvalue weighted by Gasteiger charge is 2.21. The highest BCUT2D eigenvalue weighted by molar-refractivity contribution is 5.91. The summed E-state index contributed by atoms with van der Waals surface area (Å²) in [5, 5.41) is 2.70. The molecule has 35 heavy (non-hydrogen) atoms. The predicted octanol–water partition coefficient (Wildman–Crippen LogP) is 1.94. The number of amides is 1. The van der Waals surface area contributed by atoms with Crippen LogP contribution in [0.1, 0.15) is 18.3 Å². The van der Waals surface area contributed by atoms with Gasteiger partial charge in [-0.25, -0.2) is 19.2 Å². The fourth-order valence-corrected chi connectivity index (χ4v) is 3.83. The monoisotopic (exact) mass is 478 g/mol. The van der Waals surface area contributed by atoms with E-state index in [1.54, 1.807) is 44.2 Å². The lowest BCUT2D eigenvalue weighted by Gasteiger charge is -2.10. The molecule has 0 atom stereocenters. The van der Waals surface area contributed by atoms with Gasteiger partial charge in [0, 0.05) is 12.6 Å². The number of nitrogens with zero attached hydrogens (tertiary/aromatic N) is 5. The molecule has 11 heteroatoms. The first-order valence-corrected chi connectivity index (χ1v) is 10.8. The van der Waals surface area contributed by atoms with Crippen molar-refractivity contribution in [2.24, 2.45) is 7.05 Å². The third kappa shape index (κ3) is 4.52. The number of anilines is 1. The Morgan fingerprint density at radius 3 is 2.46 bits per heavy atom. The summed E-state index contributed by atoms with van der Waals surface area (Å²) >= 11 is 0. The molecule has 0 saturated heterocycles. The number of carbonyl (C=O) groups excluding carboxylic acids is 2. The highest BCUT2D eigenvalue weighted by Crippen LogP contribution is 2.21. The molecular formula is C24H23FN6O4. The number of hydrogen-bond acceptors (Lipinski definition) is 6. The Labute approximate surface area is 198 Å². The second kappa shape index (κ2) is 9.09. The molecule has 0 bridgehead atoms. The van der Waals surface area contributed by atoms with Gasteiger partial charge in [-0.1, -0.05) is 6.07 Å². The first kappa shape index (κ1) is 23.7. The van der Waals surface area contributed by atoms with Gasteiger partial charge in [-0.15, -0.1) is 0 Å². The molecule has 0 fully saturated rings. The molecule has 0 aliphatic heterocycles.